The van der Waals surface area contributed by atoms with Crippen molar-refractivity contribution in [2.75, 3.05) is 0 Å². The normalized spacial score (nSPS) is 16.6. The average molecular weight is 283 g/mol. The molecule has 1 aromatic carbocycles. The second-order valence-corrected chi connectivity index (χ2v) is 5.61. The van der Waals surface area contributed by atoms with Crippen molar-refractivity contribution in [2.45, 2.75) is 38.6 Å². The second kappa shape index (κ2) is 6.68. The van der Waals surface area contributed by atoms with E-state index in [1.54, 1.807) is 0 Å². The first kappa shape index (κ1) is 14.0. The van der Waals surface area contributed by atoms with Crippen LogP contribution in [-0.4, -0.2) is 10.1 Å². The van der Waals surface area contributed by atoms with Gasteiger partial charge in [-0.2, -0.15) is 4.98 Å². The summed E-state index contributed by atoms with van der Waals surface area (Å²) in [6.45, 7) is 0.544. The number of hydrogen-bond acceptors (Lipinski definition) is 4. The van der Waals surface area contributed by atoms with Crippen LogP contribution in [0.2, 0.25) is 0 Å². The quantitative estimate of drug-likeness (QED) is 0.927. The highest BCUT2D eigenvalue weighted by atomic mass is 16.5. The Kier molecular flexibility index (Phi) is 4.46. The monoisotopic (exact) mass is 283 g/mol. The first-order valence-corrected chi connectivity index (χ1v) is 7.66. The van der Waals surface area contributed by atoms with Crippen LogP contribution in [0, 0.1) is 5.92 Å². The van der Waals surface area contributed by atoms with Gasteiger partial charge in [0.25, 0.3) is 5.89 Å². The lowest BCUT2D eigenvalue weighted by molar-refractivity contribution is 0.406. The smallest absolute Gasteiger partial charge is 0.250 e. The van der Waals surface area contributed by atoms with Gasteiger partial charge < -0.3 is 10.3 Å². The van der Waals surface area contributed by atoms with E-state index in [-0.39, 0.29) is 0 Å². The summed E-state index contributed by atoms with van der Waals surface area (Å²) in [7, 11) is 0. The molecule has 0 radical (unpaired) electrons. The molecule has 0 amide bonds. The van der Waals surface area contributed by atoms with Gasteiger partial charge in [-0.3, -0.25) is 0 Å². The van der Waals surface area contributed by atoms with Crippen LogP contribution in [0.25, 0.3) is 17.5 Å². The molecular weight excluding hydrogens is 262 g/mol. The predicted octanol–water partition coefficient (Wildman–Crippen LogP) is 3.79. The molecule has 1 saturated carbocycles. The summed E-state index contributed by atoms with van der Waals surface area (Å²) in [5, 5.41) is 4.04. The van der Waals surface area contributed by atoms with Gasteiger partial charge in [0.05, 0.1) is 0 Å². The Morgan fingerprint density at radius 2 is 1.90 bits per heavy atom. The Morgan fingerprint density at radius 3 is 2.62 bits per heavy atom. The summed E-state index contributed by atoms with van der Waals surface area (Å²) in [5.41, 5.74) is 7.64. The zero-order chi connectivity index (χ0) is 14.5. The Morgan fingerprint density at radius 1 is 1.14 bits per heavy atom. The highest BCUT2D eigenvalue weighted by molar-refractivity contribution is 5.56. The lowest BCUT2D eigenvalue weighted by atomic mass is 9.89. The van der Waals surface area contributed by atoms with Crippen LogP contribution >= 0.6 is 0 Å². The molecule has 1 fully saturated rings. The molecule has 1 heterocycles. The SMILES string of the molecule is NCc1ccc(-c2noc(/C=C/C3CCCCC3)n2)cc1. The number of nitrogens with two attached hydrogens (primary N) is 1. The molecule has 1 aromatic heterocycles. The molecule has 2 N–H and O–H groups in total. The second-order valence-electron chi connectivity index (χ2n) is 5.61. The van der Waals surface area contributed by atoms with Crippen LogP contribution in [0.15, 0.2) is 34.9 Å². The summed E-state index contributed by atoms with van der Waals surface area (Å²) in [5.74, 6) is 1.87. The van der Waals surface area contributed by atoms with Gasteiger partial charge in [0.2, 0.25) is 5.82 Å². The number of aromatic nitrogens is 2. The van der Waals surface area contributed by atoms with Gasteiger partial charge in [-0.15, -0.1) is 0 Å². The van der Waals surface area contributed by atoms with E-state index in [1.165, 1.54) is 32.1 Å². The molecule has 1 aliphatic rings. The van der Waals surface area contributed by atoms with Crippen LogP contribution in [0.5, 0.6) is 0 Å². The molecule has 0 bridgehead atoms. The minimum atomic E-state index is 0.544. The van der Waals surface area contributed by atoms with Gasteiger partial charge in [-0.1, -0.05) is 54.8 Å². The first-order chi connectivity index (χ1) is 10.3. The van der Waals surface area contributed by atoms with Gasteiger partial charge in [0, 0.05) is 12.1 Å². The fourth-order valence-electron chi connectivity index (χ4n) is 2.76. The van der Waals surface area contributed by atoms with E-state index in [0.29, 0.717) is 24.2 Å². The van der Waals surface area contributed by atoms with Crippen molar-refractivity contribution in [3.05, 3.63) is 41.8 Å². The van der Waals surface area contributed by atoms with E-state index in [2.05, 4.69) is 16.2 Å². The van der Waals surface area contributed by atoms with E-state index >= 15 is 0 Å². The highest BCUT2D eigenvalue weighted by Crippen LogP contribution is 2.25. The maximum absolute atomic E-state index is 5.59. The van der Waals surface area contributed by atoms with Crippen LogP contribution in [0.4, 0.5) is 0 Å². The molecule has 21 heavy (non-hydrogen) atoms. The summed E-state index contributed by atoms with van der Waals surface area (Å²) in [4.78, 5) is 4.42. The van der Waals surface area contributed by atoms with Crippen molar-refractivity contribution in [3.8, 4) is 11.4 Å². The minimum absolute atomic E-state index is 0.544. The molecule has 1 aliphatic carbocycles. The van der Waals surface area contributed by atoms with Crippen molar-refractivity contribution in [2.24, 2.45) is 11.7 Å². The fraction of sp³-hybridized carbons (Fsp3) is 0.412. The Labute approximate surface area is 125 Å². The van der Waals surface area contributed by atoms with Gasteiger partial charge in [-0.05, 0) is 30.4 Å². The van der Waals surface area contributed by atoms with Crippen molar-refractivity contribution in [3.63, 3.8) is 0 Å². The zero-order valence-electron chi connectivity index (χ0n) is 12.2. The summed E-state index contributed by atoms with van der Waals surface area (Å²) >= 11 is 0. The molecule has 4 nitrogen and oxygen atoms in total. The first-order valence-electron chi connectivity index (χ1n) is 7.66. The summed E-state index contributed by atoms with van der Waals surface area (Å²) in [6.07, 6.45) is 10.8. The van der Waals surface area contributed by atoms with Gasteiger partial charge in [0.15, 0.2) is 0 Å². The van der Waals surface area contributed by atoms with Crippen molar-refractivity contribution in [1.82, 2.24) is 10.1 Å². The standard InChI is InChI=1S/C17H21N3O/c18-12-14-6-9-15(10-7-14)17-19-16(21-20-17)11-8-13-4-2-1-3-5-13/h6-11,13H,1-5,12,18H2/b11-8+. The third-order valence-electron chi connectivity index (χ3n) is 4.05. The highest BCUT2D eigenvalue weighted by Gasteiger charge is 2.11. The van der Waals surface area contributed by atoms with E-state index in [1.807, 2.05) is 30.3 Å². The van der Waals surface area contributed by atoms with Crippen LogP contribution in [-0.2, 0) is 6.54 Å². The van der Waals surface area contributed by atoms with Crippen LogP contribution in [0.3, 0.4) is 0 Å². The Balaban J connectivity index is 1.68. The summed E-state index contributed by atoms with van der Waals surface area (Å²) in [6, 6.07) is 7.93. The minimum Gasteiger partial charge on any atom is -0.334 e. The van der Waals surface area contributed by atoms with Gasteiger partial charge >= 0.3 is 0 Å². The van der Waals surface area contributed by atoms with Gasteiger partial charge in [-0.25, -0.2) is 0 Å². The third-order valence-corrected chi connectivity index (χ3v) is 4.05. The van der Waals surface area contributed by atoms with E-state index in [4.69, 9.17) is 10.3 Å². The number of nitrogens with zero attached hydrogens (tertiary/aromatic N) is 2. The number of allylic oxidation sites excluding steroid dienone is 1. The maximum Gasteiger partial charge on any atom is 0.250 e. The lowest BCUT2D eigenvalue weighted by Crippen LogP contribution is -2.02. The topological polar surface area (TPSA) is 64.9 Å². The van der Waals surface area contributed by atoms with Crippen LogP contribution < -0.4 is 5.73 Å². The average Bonchev–Trinajstić information content (AvgIpc) is 3.03. The molecule has 4 heteroatoms. The third kappa shape index (κ3) is 3.58. The lowest BCUT2D eigenvalue weighted by Gasteiger charge is -2.17. The van der Waals surface area contributed by atoms with Crippen molar-refractivity contribution >= 4 is 6.08 Å². The van der Waals surface area contributed by atoms with Crippen molar-refractivity contribution in [1.29, 1.82) is 0 Å². The molecule has 0 unspecified atom stereocenters. The maximum atomic E-state index is 5.59. The molecule has 3 rings (SSSR count). The Hall–Kier alpha value is -1.94. The molecule has 2 aromatic rings. The predicted molar refractivity (Wildman–Crippen MR) is 83.2 cm³/mol. The Bertz CT molecular complexity index is 595. The van der Waals surface area contributed by atoms with E-state index < -0.39 is 0 Å². The number of rotatable bonds is 4. The fourth-order valence-corrected chi connectivity index (χ4v) is 2.76. The molecule has 0 saturated heterocycles. The molecule has 0 atom stereocenters. The number of benzene rings is 1. The molecular formula is C17H21N3O. The molecule has 110 valence electrons. The van der Waals surface area contributed by atoms with Gasteiger partial charge in [0.1, 0.15) is 0 Å². The van der Waals surface area contributed by atoms with Crippen molar-refractivity contribution < 1.29 is 4.52 Å². The number of hydrogen-bond donors (Lipinski definition) is 1. The van der Waals surface area contributed by atoms with E-state index in [9.17, 15) is 0 Å². The van der Waals surface area contributed by atoms with E-state index in [0.717, 1.165) is 11.1 Å². The molecule has 0 spiro atoms. The zero-order valence-corrected chi connectivity index (χ0v) is 12.2. The summed E-state index contributed by atoms with van der Waals surface area (Å²) < 4.78 is 5.29. The molecule has 0 aliphatic heterocycles. The largest absolute Gasteiger partial charge is 0.334 e. The van der Waals surface area contributed by atoms with Crippen LogP contribution in [0.1, 0.15) is 43.6 Å².